The van der Waals surface area contributed by atoms with Crippen molar-refractivity contribution < 1.29 is 9.59 Å². The standard InChI is InChI=1S/C23H22ClN3O2/c1-16(28)26-11-13-27(14-12-26)22-10-9-18(15-21(22)24)25-23(29)20-8-4-6-17-5-2-3-7-19(17)20/h2-10,15H,11-14H2,1H3,(H,25,29). The summed E-state index contributed by atoms with van der Waals surface area (Å²) < 4.78 is 0. The topological polar surface area (TPSA) is 52.7 Å². The van der Waals surface area contributed by atoms with Crippen LogP contribution in [0.4, 0.5) is 11.4 Å². The number of hydrogen-bond donors (Lipinski definition) is 1. The highest BCUT2D eigenvalue weighted by Crippen LogP contribution is 2.30. The molecule has 0 aromatic heterocycles. The zero-order valence-electron chi connectivity index (χ0n) is 16.2. The van der Waals surface area contributed by atoms with Gasteiger partial charge in [-0.25, -0.2) is 0 Å². The molecule has 1 N–H and O–H groups in total. The second kappa shape index (κ2) is 8.13. The van der Waals surface area contributed by atoms with Gasteiger partial charge in [0.05, 0.1) is 10.7 Å². The highest BCUT2D eigenvalue weighted by atomic mass is 35.5. The maximum Gasteiger partial charge on any atom is 0.256 e. The quantitative estimate of drug-likeness (QED) is 0.699. The van der Waals surface area contributed by atoms with E-state index < -0.39 is 0 Å². The van der Waals surface area contributed by atoms with Crippen molar-refractivity contribution >= 4 is 45.6 Å². The van der Waals surface area contributed by atoms with Gasteiger partial charge in [0, 0.05) is 44.4 Å². The molecule has 1 heterocycles. The van der Waals surface area contributed by atoms with Crippen LogP contribution in [0.3, 0.4) is 0 Å². The van der Waals surface area contributed by atoms with Crippen LogP contribution in [-0.2, 0) is 4.79 Å². The van der Waals surface area contributed by atoms with E-state index in [2.05, 4.69) is 10.2 Å². The summed E-state index contributed by atoms with van der Waals surface area (Å²) in [6.45, 7) is 4.44. The second-order valence-electron chi connectivity index (χ2n) is 7.14. The van der Waals surface area contributed by atoms with E-state index in [1.807, 2.05) is 59.5 Å². The number of halogens is 1. The Hall–Kier alpha value is -3.05. The van der Waals surface area contributed by atoms with Crippen LogP contribution in [-0.4, -0.2) is 42.9 Å². The van der Waals surface area contributed by atoms with E-state index in [0.29, 0.717) is 29.4 Å². The van der Waals surface area contributed by atoms with Gasteiger partial charge >= 0.3 is 0 Å². The summed E-state index contributed by atoms with van der Waals surface area (Å²) in [7, 11) is 0. The van der Waals surface area contributed by atoms with Crippen molar-refractivity contribution in [2.45, 2.75) is 6.92 Å². The average molecular weight is 408 g/mol. The molecule has 3 aromatic rings. The molecular formula is C23H22ClN3O2. The van der Waals surface area contributed by atoms with Crippen LogP contribution >= 0.6 is 11.6 Å². The van der Waals surface area contributed by atoms with Gasteiger partial charge in [-0.15, -0.1) is 0 Å². The fourth-order valence-corrected chi connectivity index (χ4v) is 4.03. The van der Waals surface area contributed by atoms with Crippen molar-refractivity contribution in [3.8, 4) is 0 Å². The Morgan fingerprint density at radius 2 is 1.66 bits per heavy atom. The number of carbonyl (C=O) groups excluding carboxylic acids is 2. The van der Waals surface area contributed by atoms with E-state index in [1.54, 1.807) is 13.0 Å². The van der Waals surface area contributed by atoms with Gasteiger partial charge in [0.1, 0.15) is 0 Å². The number of anilines is 2. The summed E-state index contributed by atoms with van der Waals surface area (Å²) >= 11 is 6.51. The van der Waals surface area contributed by atoms with Crippen LogP contribution in [0.25, 0.3) is 10.8 Å². The van der Waals surface area contributed by atoms with Crippen molar-refractivity contribution in [3.05, 3.63) is 71.2 Å². The summed E-state index contributed by atoms with van der Waals surface area (Å²) in [6.07, 6.45) is 0. The number of nitrogens with zero attached hydrogens (tertiary/aromatic N) is 2. The molecule has 1 saturated heterocycles. The smallest absolute Gasteiger partial charge is 0.256 e. The highest BCUT2D eigenvalue weighted by Gasteiger charge is 2.20. The molecule has 0 atom stereocenters. The normalized spacial score (nSPS) is 14.1. The van der Waals surface area contributed by atoms with Crippen LogP contribution in [0.2, 0.25) is 5.02 Å². The SMILES string of the molecule is CC(=O)N1CCN(c2ccc(NC(=O)c3cccc4ccccc34)cc2Cl)CC1. The lowest BCUT2D eigenvalue weighted by molar-refractivity contribution is -0.129. The first-order valence-electron chi connectivity index (χ1n) is 9.62. The van der Waals surface area contributed by atoms with Crippen molar-refractivity contribution in [2.75, 3.05) is 36.4 Å². The Labute approximate surface area is 174 Å². The Bertz CT molecular complexity index is 1070. The Morgan fingerprint density at radius 3 is 2.38 bits per heavy atom. The number of benzene rings is 3. The minimum absolute atomic E-state index is 0.0993. The molecule has 1 aliphatic heterocycles. The fraction of sp³-hybridized carbons (Fsp3) is 0.217. The number of rotatable bonds is 3. The van der Waals surface area contributed by atoms with Gasteiger partial charge in [0.15, 0.2) is 0 Å². The minimum atomic E-state index is -0.166. The molecule has 6 heteroatoms. The van der Waals surface area contributed by atoms with Gasteiger partial charge in [0.2, 0.25) is 5.91 Å². The lowest BCUT2D eigenvalue weighted by atomic mass is 10.0. The van der Waals surface area contributed by atoms with E-state index in [4.69, 9.17) is 11.6 Å². The summed E-state index contributed by atoms with van der Waals surface area (Å²) in [5, 5.41) is 5.47. The summed E-state index contributed by atoms with van der Waals surface area (Å²) in [5.41, 5.74) is 2.20. The van der Waals surface area contributed by atoms with Gasteiger partial charge in [-0.2, -0.15) is 0 Å². The molecule has 1 aliphatic rings. The third-order valence-electron chi connectivity index (χ3n) is 5.31. The first-order chi connectivity index (χ1) is 14.0. The first kappa shape index (κ1) is 19.3. The maximum absolute atomic E-state index is 12.8. The molecule has 0 spiro atoms. The molecular weight excluding hydrogens is 386 g/mol. The second-order valence-corrected chi connectivity index (χ2v) is 7.55. The van der Waals surface area contributed by atoms with E-state index >= 15 is 0 Å². The Morgan fingerprint density at radius 1 is 0.931 bits per heavy atom. The summed E-state index contributed by atoms with van der Waals surface area (Å²) in [5.74, 6) is -0.0667. The molecule has 4 rings (SSSR count). The Balaban J connectivity index is 1.50. The third-order valence-corrected chi connectivity index (χ3v) is 5.61. The number of carbonyl (C=O) groups is 2. The Kier molecular flexibility index (Phi) is 5.41. The van der Waals surface area contributed by atoms with E-state index in [0.717, 1.165) is 29.5 Å². The van der Waals surface area contributed by atoms with E-state index in [9.17, 15) is 9.59 Å². The van der Waals surface area contributed by atoms with E-state index in [1.165, 1.54) is 0 Å². The third kappa shape index (κ3) is 4.05. The molecule has 3 aromatic carbocycles. The maximum atomic E-state index is 12.8. The molecule has 0 bridgehead atoms. The number of nitrogens with one attached hydrogen (secondary N) is 1. The highest BCUT2D eigenvalue weighted by molar-refractivity contribution is 6.33. The van der Waals surface area contributed by atoms with Crippen molar-refractivity contribution in [1.29, 1.82) is 0 Å². The van der Waals surface area contributed by atoms with Crippen molar-refractivity contribution in [1.82, 2.24) is 4.90 Å². The minimum Gasteiger partial charge on any atom is -0.367 e. The fourth-order valence-electron chi connectivity index (χ4n) is 3.73. The monoisotopic (exact) mass is 407 g/mol. The number of fused-ring (bicyclic) bond motifs is 1. The van der Waals surface area contributed by atoms with Crippen LogP contribution in [0.5, 0.6) is 0 Å². The number of hydrogen-bond acceptors (Lipinski definition) is 3. The van der Waals surface area contributed by atoms with Gasteiger partial charge in [-0.1, -0.05) is 48.0 Å². The van der Waals surface area contributed by atoms with Gasteiger partial charge in [-0.3, -0.25) is 9.59 Å². The molecule has 0 unspecified atom stereocenters. The molecule has 148 valence electrons. The summed E-state index contributed by atoms with van der Waals surface area (Å²) in [6, 6.07) is 19.1. The zero-order chi connectivity index (χ0) is 20.4. The predicted molar refractivity (Wildman–Crippen MR) is 118 cm³/mol. The van der Waals surface area contributed by atoms with Gasteiger partial charge < -0.3 is 15.1 Å². The number of piperazine rings is 1. The van der Waals surface area contributed by atoms with Gasteiger partial charge in [-0.05, 0) is 35.0 Å². The molecule has 5 nitrogen and oxygen atoms in total. The van der Waals surface area contributed by atoms with Gasteiger partial charge in [0.25, 0.3) is 5.91 Å². The first-order valence-corrected chi connectivity index (χ1v) is 10.00. The molecule has 0 radical (unpaired) electrons. The number of amides is 2. The van der Waals surface area contributed by atoms with Crippen LogP contribution in [0, 0.1) is 0 Å². The van der Waals surface area contributed by atoms with Crippen LogP contribution in [0.15, 0.2) is 60.7 Å². The largest absolute Gasteiger partial charge is 0.367 e. The van der Waals surface area contributed by atoms with Crippen molar-refractivity contribution in [3.63, 3.8) is 0 Å². The van der Waals surface area contributed by atoms with Crippen LogP contribution in [0.1, 0.15) is 17.3 Å². The van der Waals surface area contributed by atoms with E-state index in [-0.39, 0.29) is 11.8 Å². The van der Waals surface area contributed by atoms with Crippen molar-refractivity contribution in [2.24, 2.45) is 0 Å². The summed E-state index contributed by atoms with van der Waals surface area (Å²) in [4.78, 5) is 28.3. The lowest BCUT2D eigenvalue weighted by Gasteiger charge is -2.36. The van der Waals surface area contributed by atoms with Crippen LogP contribution < -0.4 is 10.2 Å². The lowest BCUT2D eigenvalue weighted by Crippen LogP contribution is -2.48. The predicted octanol–water partition coefficient (Wildman–Crippen LogP) is 4.41. The molecule has 0 saturated carbocycles. The average Bonchev–Trinajstić information content (AvgIpc) is 2.73. The molecule has 2 amide bonds. The molecule has 0 aliphatic carbocycles. The molecule has 29 heavy (non-hydrogen) atoms. The molecule has 1 fully saturated rings. The zero-order valence-corrected chi connectivity index (χ0v) is 16.9.